The van der Waals surface area contributed by atoms with Crippen molar-refractivity contribution in [2.75, 3.05) is 29.5 Å². The van der Waals surface area contributed by atoms with Crippen LogP contribution < -0.4 is 14.4 Å². The maximum Gasteiger partial charge on any atom is 0.232 e. The van der Waals surface area contributed by atoms with Crippen LogP contribution in [0.2, 0.25) is 0 Å². The molecule has 2 aromatic rings. The fourth-order valence-corrected chi connectivity index (χ4v) is 3.41. The van der Waals surface area contributed by atoms with E-state index in [0.717, 1.165) is 12.7 Å². The van der Waals surface area contributed by atoms with Crippen LogP contribution in [0.3, 0.4) is 0 Å². The summed E-state index contributed by atoms with van der Waals surface area (Å²) in [7, 11) is -1.96. The minimum Gasteiger partial charge on any atom is -0.497 e. The van der Waals surface area contributed by atoms with Crippen LogP contribution in [-0.4, -0.2) is 34.2 Å². The van der Waals surface area contributed by atoms with Crippen molar-refractivity contribution in [3.63, 3.8) is 0 Å². The molecule has 0 aromatic heterocycles. The standard InChI is InChI=1S/C19H24N2O4S/c1-4-15-5-7-16(8-6-15)20-19(22)13-14-21(26(3,23)24)17-9-11-18(25-2)12-10-17/h5-12H,4,13-14H2,1-3H3,(H,20,22). The average Bonchev–Trinajstić information content (AvgIpc) is 2.62. The number of methoxy groups -OCH3 is 1. The van der Waals surface area contributed by atoms with Crippen LogP contribution in [0.4, 0.5) is 11.4 Å². The normalized spacial score (nSPS) is 11.0. The van der Waals surface area contributed by atoms with Crippen molar-refractivity contribution in [3.05, 3.63) is 54.1 Å². The maximum absolute atomic E-state index is 12.2. The number of benzene rings is 2. The first-order valence-electron chi connectivity index (χ1n) is 8.34. The van der Waals surface area contributed by atoms with E-state index in [4.69, 9.17) is 4.74 Å². The lowest BCUT2D eigenvalue weighted by Gasteiger charge is -2.22. The Balaban J connectivity index is 2.02. The van der Waals surface area contributed by atoms with E-state index in [0.29, 0.717) is 17.1 Å². The average molecular weight is 376 g/mol. The molecule has 6 nitrogen and oxygen atoms in total. The van der Waals surface area contributed by atoms with Crippen molar-refractivity contribution >= 4 is 27.3 Å². The molecule has 0 aliphatic carbocycles. The molecule has 0 saturated heterocycles. The zero-order chi connectivity index (χ0) is 19.2. The van der Waals surface area contributed by atoms with Gasteiger partial charge in [0.2, 0.25) is 15.9 Å². The Morgan fingerprint density at radius 3 is 2.19 bits per heavy atom. The van der Waals surface area contributed by atoms with Crippen molar-refractivity contribution in [3.8, 4) is 5.75 Å². The van der Waals surface area contributed by atoms with Gasteiger partial charge in [-0.05, 0) is 48.4 Å². The number of ether oxygens (including phenoxy) is 1. The Hall–Kier alpha value is -2.54. The van der Waals surface area contributed by atoms with Crippen molar-refractivity contribution in [1.82, 2.24) is 0 Å². The molecule has 0 aliphatic heterocycles. The fraction of sp³-hybridized carbons (Fsp3) is 0.316. The van der Waals surface area contributed by atoms with Gasteiger partial charge in [-0.15, -0.1) is 0 Å². The smallest absolute Gasteiger partial charge is 0.232 e. The SMILES string of the molecule is CCc1ccc(NC(=O)CCN(c2ccc(OC)cc2)S(C)(=O)=O)cc1. The first kappa shape index (κ1) is 19.8. The molecule has 2 aromatic carbocycles. The van der Waals surface area contributed by atoms with Gasteiger partial charge < -0.3 is 10.1 Å². The molecule has 0 fully saturated rings. The van der Waals surface area contributed by atoms with Gasteiger partial charge in [-0.1, -0.05) is 19.1 Å². The van der Waals surface area contributed by atoms with Crippen LogP contribution in [0, 0.1) is 0 Å². The molecule has 0 radical (unpaired) electrons. The van der Waals surface area contributed by atoms with Crippen LogP contribution >= 0.6 is 0 Å². The first-order valence-corrected chi connectivity index (χ1v) is 10.2. The number of hydrogen-bond donors (Lipinski definition) is 1. The minimum atomic E-state index is -3.50. The highest BCUT2D eigenvalue weighted by atomic mass is 32.2. The van der Waals surface area contributed by atoms with Crippen LogP contribution in [0.1, 0.15) is 18.9 Å². The largest absolute Gasteiger partial charge is 0.497 e. The van der Waals surface area contributed by atoms with Crippen molar-refractivity contribution in [2.24, 2.45) is 0 Å². The third kappa shape index (κ3) is 5.49. The summed E-state index contributed by atoms with van der Waals surface area (Å²) in [4.78, 5) is 12.2. The highest BCUT2D eigenvalue weighted by Gasteiger charge is 2.18. The lowest BCUT2D eigenvalue weighted by molar-refractivity contribution is -0.116. The van der Waals surface area contributed by atoms with Crippen molar-refractivity contribution in [1.29, 1.82) is 0 Å². The molecule has 0 aliphatic rings. The third-order valence-corrected chi connectivity index (χ3v) is 5.14. The van der Waals surface area contributed by atoms with Gasteiger partial charge in [0.15, 0.2) is 0 Å². The molecule has 0 saturated carbocycles. The van der Waals surface area contributed by atoms with Gasteiger partial charge in [0, 0.05) is 18.7 Å². The number of nitrogens with zero attached hydrogens (tertiary/aromatic N) is 1. The molecule has 7 heteroatoms. The van der Waals surface area contributed by atoms with Crippen LogP contribution in [0.25, 0.3) is 0 Å². The Bertz CT molecular complexity index is 831. The molecule has 1 amide bonds. The summed E-state index contributed by atoms with van der Waals surface area (Å²) in [6, 6.07) is 14.3. The molecular formula is C19H24N2O4S. The van der Waals surface area contributed by atoms with Gasteiger partial charge >= 0.3 is 0 Å². The third-order valence-electron chi connectivity index (χ3n) is 3.95. The van der Waals surface area contributed by atoms with E-state index >= 15 is 0 Å². The molecular weight excluding hydrogens is 352 g/mol. The van der Waals surface area contributed by atoms with Crippen LogP contribution in [-0.2, 0) is 21.2 Å². The summed E-state index contributed by atoms with van der Waals surface area (Å²) < 4.78 is 30.5. The monoisotopic (exact) mass is 376 g/mol. The van der Waals surface area contributed by atoms with E-state index in [1.165, 1.54) is 9.87 Å². The number of anilines is 2. The first-order chi connectivity index (χ1) is 12.3. The Morgan fingerprint density at radius 2 is 1.69 bits per heavy atom. The number of carbonyl (C=O) groups excluding carboxylic acids is 1. The van der Waals surface area contributed by atoms with Crippen molar-refractivity contribution in [2.45, 2.75) is 19.8 Å². The number of hydrogen-bond acceptors (Lipinski definition) is 4. The molecule has 140 valence electrons. The van der Waals surface area contributed by atoms with E-state index in [2.05, 4.69) is 12.2 Å². The van der Waals surface area contributed by atoms with E-state index in [1.807, 2.05) is 24.3 Å². The maximum atomic E-state index is 12.2. The number of aryl methyl sites for hydroxylation is 1. The second-order valence-electron chi connectivity index (χ2n) is 5.88. The summed E-state index contributed by atoms with van der Waals surface area (Å²) >= 11 is 0. The fourth-order valence-electron chi connectivity index (χ4n) is 2.49. The molecule has 26 heavy (non-hydrogen) atoms. The van der Waals surface area contributed by atoms with Crippen LogP contribution in [0.15, 0.2) is 48.5 Å². The van der Waals surface area contributed by atoms with E-state index < -0.39 is 10.0 Å². The summed E-state index contributed by atoms with van der Waals surface area (Å²) in [5, 5.41) is 2.79. The number of sulfonamides is 1. The summed E-state index contributed by atoms with van der Waals surface area (Å²) in [5.41, 5.74) is 2.38. The van der Waals surface area contributed by atoms with Gasteiger partial charge in [-0.25, -0.2) is 8.42 Å². The molecule has 0 atom stereocenters. The lowest BCUT2D eigenvalue weighted by atomic mass is 10.1. The predicted octanol–water partition coefficient (Wildman–Crippen LogP) is 3.05. The quantitative estimate of drug-likeness (QED) is 0.768. The zero-order valence-electron chi connectivity index (χ0n) is 15.2. The highest BCUT2D eigenvalue weighted by Crippen LogP contribution is 2.22. The van der Waals surface area contributed by atoms with Gasteiger partial charge in [0.25, 0.3) is 0 Å². The van der Waals surface area contributed by atoms with Crippen molar-refractivity contribution < 1.29 is 17.9 Å². The summed E-state index contributed by atoms with van der Waals surface area (Å²) in [5.74, 6) is 0.395. The van der Waals surface area contributed by atoms with E-state index in [-0.39, 0.29) is 18.9 Å². The number of amides is 1. The Kier molecular flexibility index (Phi) is 6.63. The van der Waals surface area contributed by atoms with E-state index in [9.17, 15) is 13.2 Å². The van der Waals surface area contributed by atoms with Gasteiger partial charge in [-0.3, -0.25) is 9.10 Å². The molecule has 0 spiro atoms. The van der Waals surface area contributed by atoms with Gasteiger partial charge in [-0.2, -0.15) is 0 Å². The molecule has 0 heterocycles. The second-order valence-corrected chi connectivity index (χ2v) is 7.79. The molecule has 0 bridgehead atoms. The lowest BCUT2D eigenvalue weighted by Crippen LogP contribution is -2.33. The van der Waals surface area contributed by atoms with Gasteiger partial charge in [0.05, 0.1) is 19.1 Å². The Labute approximate surface area is 154 Å². The predicted molar refractivity (Wildman–Crippen MR) is 104 cm³/mol. The van der Waals surface area contributed by atoms with E-state index in [1.54, 1.807) is 31.4 Å². The molecule has 2 rings (SSSR count). The number of rotatable bonds is 8. The summed E-state index contributed by atoms with van der Waals surface area (Å²) in [6.07, 6.45) is 2.10. The highest BCUT2D eigenvalue weighted by molar-refractivity contribution is 7.92. The number of nitrogens with one attached hydrogen (secondary N) is 1. The Morgan fingerprint density at radius 1 is 1.08 bits per heavy atom. The second kappa shape index (κ2) is 8.71. The topological polar surface area (TPSA) is 75.7 Å². The number of carbonyl (C=O) groups is 1. The van der Waals surface area contributed by atoms with Crippen LogP contribution in [0.5, 0.6) is 5.75 Å². The summed E-state index contributed by atoms with van der Waals surface area (Å²) in [6.45, 7) is 2.12. The minimum absolute atomic E-state index is 0.0502. The molecule has 0 unspecified atom stereocenters. The van der Waals surface area contributed by atoms with Gasteiger partial charge in [0.1, 0.15) is 5.75 Å². The molecule has 1 N–H and O–H groups in total. The zero-order valence-corrected chi connectivity index (χ0v) is 16.0.